The number of benzene rings is 4. The maximum atomic E-state index is 6.37. The van der Waals surface area contributed by atoms with Crippen LogP contribution in [-0.2, 0) is 6.54 Å². The zero-order chi connectivity index (χ0) is 20.3. The van der Waals surface area contributed by atoms with E-state index in [9.17, 15) is 0 Å². The third-order valence-corrected chi connectivity index (χ3v) is 6.13. The van der Waals surface area contributed by atoms with Crippen LogP contribution in [0.4, 0.5) is 0 Å². The molecular formula is C28H27NO. The van der Waals surface area contributed by atoms with Gasteiger partial charge in [0.05, 0.1) is 0 Å². The largest absolute Gasteiger partial charge is 0.489 e. The van der Waals surface area contributed by atoms with Gasteiger partial charge in [-0.2, -0.15) is 0 Å². The molecule has 5 rings (SSSR count). The van der Waals surface area contributed by atoms with Crippen LogP contribution in [0.2, 0.25) is 0 Å². The maximum Gasteiger partial charge on any atom is 0.123 e. The van der Waals surface area contributed by atoms with Gasteiger partial charge in [-0.1, -0.05) is 90.5 Å². The Balaban J connectivity index is 1.32. The Morgan fingerprint density at radius 3 is 2.50 bits per heavy atom. The summed E-state index contributed by atoms with van der Waals surface area (Å²) < 4.78 is 6.37. The van der Waals surface area contributed by atoms with Crippen molar-refractivity contribution in [2.45, 2.75) is 31.9 Å². The van der Waals surface area contributed by atoms with Crippen LogP contribution in [-0.4, -0.2) is 12.6 Å². The molecule has 1 N–H and O–H groups in total. The van der Waals surface area contributed by atoms with Gasteiger partial charge in [0, 0.05) is 24.6 Å². The summed E-state index contributed by atoms with van der Waals surface area (Å²) in [5.41, 5.74) is 5.30. The van der Waals surface area contributed by atoms with Gasteiger partial charge in [0.15, 0.2) is 0 Å². The Kier molecular flexibility index (Phi) is 5.25. The van der Waals surface area contributed by atoms with Crippen molar-refractivity contribution < 1.29 is 4.74 Å². The summed E-state index contributed by atoms with van der Waals surface area (Å²) in [5, 5.41) is 6.26. The normalized spacial score (nSPS) is 18.0. The van der Waals surface area contributed by atoms with Crippen LogP contribution in [0.5, 0.6) is 5.75 Å². The Morgan fingerprint density at radius 2 is 1.60 bits per heavy atom. The molecule has 1 aliphatic rings. The topological polar surface area (TPSA) is 21.3 Å². The molecular weight excluding hydrogens is 366 g/mol. The van der Waals surface area contributed by atoms with Crippen LogP contribution in [0.3, 0.4) is 0 Å². The molecule has 150 valence electrons. The molecule has 0 bridgehead atoms. The number of hydrogen-bond acceptors (Lipinski definition) is 2. The fourth-order valence-electron chi connectivity index (χ4n) is 4.55. The predicted molar refractivity (Wildman–Crippen MR) is 124 cm³/mol. The summed E-state index contributed by atoms with van der Waals surface area (Å²) in [6.07, 6.45) is 1.14. The molecule has 2 atom stereocenters. The Bertz CT molecular complexity index is 1140. The predicted octanol–water partition coefficient (Wildman–Crippen LogP) is 6.22. The average Bonchev–Trinajstić information content (AvgIpc) is 2.79. The third-order valence-electron chi connectivity index (χ3n) is 6.13. The molecule has 1 heterocycles. The maximum absolute atomic E-state index is 6.37. The number of hydrogen-bond donors (Lipinski definition) is 1. The van der Waals surface area contributed by atoms with Crippen LogP contribution in [0.15, 0.2) is 91.0 Å². The lowest BCUT2D eigenvalue weighted by Crippen LogP contribution is -2.35. The number of aryl methyl sites for hydroxylation is 1. The second kappa shape index (κ2) is 8.33. The summed E-state index contributed by atoms with van der Waals surface area (Å²) in [5.74, 6) is 1.39. The number of nitrogens with one attached hydrogen (secondary N) is 1. The average molecular weight is 394 g/mol. The van der Waals surface area contributed by atoms with E-state index >= 15 is 0 Å². The van der Waals surface area contributed by atoms with Crippen LogP contribution >= 0.6 is 0 Å². The molecule has 0 saturated carbocycles. The number of fused-ring (bicyclic) bond motifs is 2. The van der Waals surface area contributed by atoms with Gasteiger partial charge in [0.25, 0.3) is 0 Å². The van der Waals surface area contributed by atoms with Crippen molar-refractivity contribution in [3.8, 4) is 5.75 Å². The molecule has 2 unspecified atom stereocenters. The molecule has 0 saturated heterocycles. The van der Waals surface area contributed by atoms with Crippen LogP contribution < -0.4 is 10.1 Å². The van der Waals surface area contributed by atoms with Gasteiger partial charge in [-0.05, 0) is 41.3 Å². The summed E-state index contributed by atoms with van der Waals surface area (Å²) in [4.78, 5) is 0. The molecule has 4 aromatic carbocycles. The first-order valence-electron chi connectivity index (χ1n) is 10.8. The van der Waals surface area contributed by atoms with E-state index in [-0.39, 0.29) is 6.10 Å². The van der Waals surface area contributed by atoms with E-state index in [1.807, 2.05) is 0 Å². The number of para-hydroxylation sites is 1. The van der Waals surface area contributed by atoms with Gasteiger partial charge in [0.1, 0.15) is 11.9 Å². The van der Waals surface area contributed by atoms with Crippen molar-refractivity contribution in [2.75, 3.05) is 6.54 Å². The molecule has 0 fully saturated rings. The first kappa shape index (κ1) is 18.9. The van der Waals surface area contributed by atoms with Crippen molar-refractivity contribution in [3.63, 3.8) is 0 Å². The first-order valence-corrected chi connectivity index (χ1v) is 10.8. The standard InChI is InChI=1S/C28H27NO/c1-20-13-15-22(16-14-20)27-17-24(30-28-12-5-4-11-26(27)28)19-29-18-23-9-6-8-21-7-2-3-10-25(21)23/h2-16,24,27,29H,17-19H2,1H3. The quantitative estimate of drug-likeness (QED) is 0.434. The molecule has 4 aromatic rings. The Labute approximate surface area is 178 Å². The molecule has 0 aliphatic carbocycles. The SMILES string of the molecule is Cc1ccc(C2CC(CNCc3cccc4ccccc34)Oc3ccccc32)cc1. The summed E-state index contributed by atoms with van der Waals surface area (Å²) in [7, 11) is 0. The molecule has 2 nitrogen and oxygen atoms in total. The fraction of sp³-hybridized carbons (Fsp3) is 0.214. The highest BCUT2D eigenvalue weighted by Crippen LogP contribution is 2.40. The van der Waals surface area contributed by atoms with Crippen molar-refractivity contribution in [1.82, 2.24) is 5.32 Å². The van der Waals surface area contributed by atoms with Crippen LogP contribution in [0.25, 0.3) is 10.8 Å². The number of ether oxygens (including phenoxy) is 1. The van der Waals surface area contributed by atoms with Gasteiger partial charge in [-0.15, -0.1) is 0 Å². The molecule has 0 aromatic heterocycles. The second-order valence-electron chi connectivity index (χ2n) is 8.25. The molecule has 0 radical (unpaired) electrons. The first-order chi connectivity index (χ1) is 14.8. The highest BCUT2D eigenvalue weighted by Gasteiger charge is 2.29. The molecule has 2 heteroatoms. The zero-order valence-corrected chi connectivity index (χ0v) is 17.3. The van der Waals surface area contributed by atoms with Gasteiger partial charge in [0.2, 0.25) is 0 Å². The highest BCUT2D eigenvalue weighted by molar-refractivity contribution is 5.85. The van der Waals surface area contributed by atoms with E-state index < -0.39 is 0 Å². The van der Waals surface area contributed by atoms with Gasteiger partial charge >= 0.3 is 0 Å². The molecule has 1 aliphatic heterocycles. The lowest BCUT2D eigenvalue weighted by Gasteiger charge is -2.33. The Morgan fingerprint density at radius 1 is 0.833 bits per heavy atom. The minimum atomic E-state index is 0.154. The molecule has 30 heavy (non-hydrogen) atoms. The van der Waals surface area contributed by atoms with Gasteiger partial charge in [-0.3, -0.25) is 0 Å². The number of rotatable bonds is 5. The summed E-state index contributed by atoms with van der Waals surface area (Å²) >= 11 is 0. The minimum absolute atomic E-state index is 0.154. The van der Waals surface area contributed by atoms with E-state index in [1.165, 1.54) is 33.0 Å². The van der Waals surface area contributed by atoms with E-state index in [1.54, 1.807) is 0 Å². The lowest BCUT2D eigenvalue weighted by atomic mass is 9.84. The lowest BCUT2D eigenvalue weighted by molar-refractivity contribution is 0.162. The van der Waals surface area contributed by atoms with E-state index in [0.29, 0.717) is 5.92 Å². The second-order valence-corrected chi connectivity index (χ2v) is 8.25. The molecule has 0 spiro atoms. The summed E-state index contributed by atoms with van der Waals surface area (Å²) in [6.45, 7) is 3.82. The van der Waals surface area contributed by atoms with Crippen LogP contribution in [0.1, 0.15) is 34.6 Å². The minimum Gasteiger partial charge on any atom is -0.489 e. The fourth-order valence-corrected chi connectivity index (χ4v) is 4.55. The smallest absolute Gasteiger partial charge is 0.123 e. The van der Waals surface area contributed by atoms with E-state index in [4.69, 9.17) is 4.74 Å². The summed E-state index contributed by atoms with van der Waals surface area (Å²) in [6, 6.07) is 32.5. The molecule has 0 amide bonds. The van der Waals surface area contributed by atoms with Gasteiger partial charge < -0.3 is 10.1 Å². The monoisotopic (exact) mass is 393 g/mol. The van der Waals surface area contributed by atoms with Crippen molar-refractivity contribution in [2.24, 2.45) is 0 Å². The Hall–Kier alpha value is -3.10. The van der Waals surface area contributed by atoms with Crippen molar-refractivity contribution in [3.05, 3.63) is 113 Å². The van der Waals surface area contributed by atoms with E-state index in [2.05, 4.69) is 103 Å². The third kappa shape index (κ3) is 3.83. The van der Waals surface area contributed by atoms with Crippen molar-refractivity contribution >= 4 is 10.8 Å². The van der Waals surface area contributed by atoms with E-state index in [0.717, 1.165) is 25.3 Å². The highest BCUT2D eigenvalue weighted by atomic mass is 16.5. The van der Waals surface area contributed by atoms with Crippen molar-refractivity contribution in [1.29, 1.82) is 0 Å². The van der Waals surface area contributed by atoms with Gasteiger partial charge in [-0.25, -0.2) is 0 Å². The zero-order valence-electron chi connectivity index (χ0n) is 17.3. The van der Waals surface area contributed by atoms with Crippen LogP contribution in [0, 0.1) is 6.92 Å².